The Bertz CT molecular complexity index is 910. The van der Waals surface area contributed by atoms with Gasteiger partial charge >= 0.3 is 6.18 Å². The topological polar surface area (TPSA) is 65.7 Å². The molecule has 0 atom stereocenters. The van der Waals surface area contributed by atoms with Crippen LogP contribution in [0.3, 0.4) is 0 Å². The van der Waals surface area contributed by atoms with E-state index in [0.29, 0.717) is 55.1 Å². The fraction of sp³-hybridized carbons (Fsp3) is 0.571. The molecular weight excluding hydrogens is 411 g/mol. The number of hydrogen-bond acceptors (Lipinski definition) is 6. The van der Waals surface area contributed by atoms with Crippen molar-refractivity contribution in [2.45, 2.75) is 38.9 Å². The Kier molecular flexibility index (Phi) is 5.92. The first-order chi connectivity index (χ1) is 14.7. The van der Waals surface area contributed by atoms with Gasteiger partial charge in [0.05, 0.1) is 5.69 Å². The van der Waals surface area contributed by atoms with Gasteiger partial charge in [-0.2, -0.15) is 13.2 Å². The second kappa shape index (κ2) is 8.49. The van der Waals surface area contributed by atoms with Gasteiger partial charge in [-0.15, -0.1) is 0 Å². The lowest BCUT2D eigenvalue weighted by molar-refractivity contribution is -0.141. The number of alkyl halides is 3. The van der Waals surface area contributed by atoms with Crippen molar-refractivity contribution < 1.29 is 22.5 Å². The molecule has 2 aromatic heterocycles. The molecule has 4 rings (SSSR count). The van der Waals surface area contributed by atoms with Gasteiger partial charge in [-0.05, 0) is 38.8 Å². The lowest BCUT2D eigenvalue weighted by atomic mass is 10.0. The minimum absolute atomic E-state index is 0.0323. The maximum atomic E-state index is 12.9. The third-order valence-corrected chi connectivity index (χ3v) is 6.18. The largest absolute Gasteiger partial charge is 0.433 e. The summed E-state index contributed by atoms with van der Waals surface area (Å²) in [6, 6.07) is 4.40. The van der Waals surface area contributed by atoms with Gasteiger partial charge in [-0.3, -0.25) is 9.69 Å². The summed E-state index contributed by atoms with van der Waals surface area (Å²) in [6.45, 7) is 7.65. The van der Waals surface area contributed by atoms with Crippen molar-refractivity contribution in [1.82, 2.24) is 19.9 Å². The molecule has 0 spiro atoms. The van der Waals surface area contributed by atoms with Crippen molar-refractivity contribution in [1.29, 1.82) is 0 Å². The van der Waals surface area contributed by atoms with Crippen LogP contribution in [0.25, 0.3) is 0 Å². The van der Waals surface area contributed by atoms with Gasteiger partial charge < -0.3 is 14.3 Å². The minimum atomic E-state index is -4.44. The number of hydrogen-bond donors (Lipinski definition) is 0. The highest BCUT2D eigenvalue weighted by atomic mass is 19.4. The molecule has 0 bridgehead atoms. The van der Waals surface area contributed by atoms with Crippen LogP contribution in [-0.2, 0) is 6.18 Å². The average molecular weight is 437 g/mol. The fourth-order valence-electron chi connectivity index (χ4n) is 4.45. The molecule has 0 N–H and O–H groups in total. The van der Waals surface area contributed by atoms with Crippen LogP contribution in [0.2, 0.25) is 0 Å². The normalized spacial score (nSPS) is 19.1. The highest BCUT2D eigenvalue weighted by molar-refractivity contribution is 5.96. The van der Waals surface area contributed by atoms with E-state index in [1.165, 1.54) is 6.07 Å². The predicted molar refractivity (Wildman–Crippen MR) is 108 cm³/mol. The standard InChI is InChI=1S/C21H26F3N5O2/c1-14-19(15(2)31-26-14)20(30)29-8-6-16(7-9-29)27-10-12-28(13-11-27)18-5-3-4-17(25-18)21(22,23)24/h3-5,16H,6-13H2,1-2H3. The number of piperidine rings is 1. The Morgan fingerprint density at radius 2 is 1.74 bits per heavy atom. The van der Waals surface area contributed by atoms with E-state index in [4.69, 9.17) is 4.52 Å². The van der Waals surface area contributed by atoms with E-state index in [9.17, 15) is 18.0 Å². The Balaban J connectivity index is 1.30. The molecule has 0 aliphatic carbocycles. The maximum Gasteiger partial charge on any atom is 0.433 e. The minimum Gasteiger partial charge on any atom is -0.361 e. The van der Waals surface area contributed by atoms with Gasteiger partial charge in [0.15, 0.2) is 0 Å². The molecule has 0 radical (unpaired) electrons. The van der Waals surface area contributed by atoms with E-state index in [1.54, 1.807) is 19.9 Å². The molecule has 4 heterocycles. The molecule has 10 heteroatoms. The summed E-state index contributed by atoms with van der Waals surface area (Å²) in [7, 11) is 0. The summed E-state index contributed by atoms with van der Waals surface area (Å²) in [5.74, 6) is 0.883. The summed E-state index contributed by atoms with van der Waals surface area (Å²) < 4.78 is 43.9. The molecule has 0 unspecified atom stereocenters. The van der Waals surface area contributed by atoms with Gasteiger partial charge in [0.2, 0.25) is 0 Å². The Labute approximate surface area is 178 Å². The highest BCUT2D eigenvalue weighted by Gasteiger charge is 2.34. The van der Waals surface area contributed by atoms with E-state index in [1.807, 2.05) is 9.80 Å². The first-order valence-electron chi connectivity index (χ1n) is 10.5. The SMILES string of the molecule is Cc1noc(C)c1C(=O)N1CCC(N2CCN(c3cccc(C(F)(F)F)n3)CC2)CC1. The van der Waals surface area contributed by atoms with Gasteiger partial charge in [0.25, 0.3) is 5.91 Å². The number of carbonyl (C=O) groups excluding carboxylic acids is 1. The number of pyridine rings is 1. The molecular formula is C21H26F3N5O2. The number of aromatic nitrogens is 2. The third-order valence-electron chi connectivity index (χ3n) is 6.18. The monoisotopic (exact) mass is 437 g/mol. The molecule has 2 aromatic rings. The number of anilines is 1. The zero-order valence-electron chi connectivity index (χ0n) is 17.7. The van der Waals surface area contributed by atoms with Crippen LogP contribution in [0.5, 0.6) is 0 Å². The summed E-state index contributed by atoms with van der Waals surface area (Å²) >= 11 is 0. The van der Waals surface area contributed by atoms with Crippen LogP contribution in [0.15, 0.2) is 22.7 Å². The molecule has 7 nitrogen and oxygen atoms in total. The van der Waals surface area contributed by atoms with Gasteiger partial charge in [0.1, 0.15) is 22.8 Å². The number of halogens is 3. The molecule has 2 aliphatic rings. The van der Waals surface area contributed by atoms with E-state index >= 15 is 0 Å². The molecule has 2 saturated heterocycles. The number of amides is 1. The second-order valence-corrected chi connectivity index (χ2v) is 8.12. The Morgan fingerprint density at radius 1 is 1.06 bits per heavy atom. The summed E-state index contributed by atoms with van der Waals surface area (Å²) in [6.07, 6.45) is -2.69. The quantitative estimate of drug-likeness (QED) is 0.735. The summed E-state index contributed by atoms with van der Waals surface area (Å²) in [4.78, 5) is 22.7. The number of carbonyl (C=O) groups is 1. The average Bonchev–Trinajstić information content (AvgIpc) is 3.11. The van der Waals surface area contributed by atoms with Crippen LogP contribution >= 0.6 is 0 Å². The zero-order chi connectivity index (χ0) is 22.2. The summed E-state index contributed by atoms with van der Waals surface area (Å²) in [5.41, 5.74) is 0.312. The Morgan fingerprint density at radius 3 is 2.32 bits per heavy atom. The van der Waals surface area contributed by atoms with Crippen LogP contribution in [0.4, 0.5) is 19.0 Å². The maximum absolute atomic E-state index is 12.9. The first kappa shape index (κ1) is 21.6. The van der Waals surface area contributed by atoms with Gasteiger partial charge in [-0.25, -0.2) is 4.98 Å². The van der Waals surface area contributed by atoms with Crippen LogP contribution in [0, 0.1) is 13.8 Å². The number of rotatable bonds is 3. The smallest absolute Gasteiger partial charge is 0.361 e. The van der Waals surface area contributed by atoms with E-state index < -0.39 is 11.9 Å². The summed E-state index contributed by atoms with van der Waals surface area (Å²) in [5, 5.41) is 3.87. The van der Waals surface area contributed by atoms with Crippen molar-refractivity contribution in [2.24, 2.45) is 0 Å². The number of aryl methyl sites for hydroxylation is 2. The number of piperazine rings is 1. The molecule has 0 saturated carbocycles. The van der Waals surface area contributed by atoms with Crippen LogP contribution < -0.4 is 4.90 Å². The van der Waals surface area contributed by atoms with Crippen molar-refractivity contribution >= 4 is 11.7 Å². The van der Waals surface area contributed by atoms with Crippen LogP contribution in [0.1, 0.15) is 40.3 Å². The van der Waals surface area contributed by atoms with Crippen molar-refractivity contribution in [3.8, 4) is 0 Å². The lowest BCUT2D eigenvalue weighted by Crippen LogP contribution is -2.54. The molecule has 168 valence electrons. The van der Waals surface area contributed by atoms with Crippen LogP contribution in [-0.4, -0.2) is 71.2 Å². The van der Waals surface area contributed by atoms with Gasteiger partial charge in [0, 0.05) is 45.3 Å². The number of likely N-dealkylation sites (tertiary alicyclic amines) is 1. The zero-order valence-corrected chi connectivity index (χ0v) is 17.7. The number of nitrogens with zero attached hydrogens (tertiary/aromatic N) is 5. The molecule has 2 aliphatic heterocycles. The molecule has 2 fully saturated rings. The Hall–Kier alpha value is -2.62. The van der Waals surface area contributed by atoms with E-state index in [0.717, 1.165) is 32.0 Å². The van der Waals surface area contributed by atoms with Crippen molar-refractivity contribution in [3.05, 3.63) is 40.9 Å². The molecule has 1 amide bonds. The highest BCUT2D eigenvalue weighted by Crippen LogP contribution is 2.29. The van der Waals surface area contributed by atoms with Gasteiger partial charge in [-0.1, -0.05) is 11.2 Å². The van der Waals surface area contributed by atoms with Crippen molar-refractivity contribution in [2.75, 3.05) is 44.2 Å². The van der Waals surface area contributed by atoms with Crippen molar-refractivity contribution in [3.63, 3.8) is 0 Å². The second-order valence-electron chi connectivity index (χ2n) is 8.12. The third kappa shape index (κ3) is 4.53. The van der Waals surface area contributed by atoms with E-state index in [-0.39, 0.29) is 5.91 Å². The van der Waals surface area contributed by atoms with E-state index in [2.05, 4.69) is 15.0 Å². The molecule has 31 heavy (non-hydrogen) atoms. The predicted octanol–water partition coefficient (Wildman–Crippen LogP) is 3.13. The fourth-order valence-corrected chi connectivity index (χ4v) is 4.45. The first-order valence-corrected chi connectivity index (χ1v) is 10.5. The molecule has 0 aromatic carbocycles. The lowest BCUT2D eigenvalue weighted by Gasteiger charge is -2.43.